The molecule has 4 rings (SSSR count). The predicted octanol–water partition coefficient (Wildman–Crippen LogP) is 6.17. The first kappa shape index (κ1) is 22.3. The van der Waals surface area contributed by atoms with Gasteiger partial charge in [-0.1, -0.05) is 35.3 Å². The van der Waals surface area contributed by atoms with Crippen molar-refractivity contribution in [1.82, 2.24) is 15.0 Å². The average molecular weight is 481 g/mol. The van der Waals surface area contributed by atoms with Gasteiger partial charge in [-0.25, -0.2) is 19.7 Å². The second-order valence-electron chi connectivity index (χ2n) is 7.06. The smallest absolute Gasteiger partial charge is 0.323 e. The molecular formula is C23H18Cl2N6O2. The summed E-state index contributed by atoms with van der Waals surface area (Å²) in [5.74, 6) is 0.913. The molecule has 0 bridgehead atoms. The normalized spacial score (nSPS) is 10.5. The van der Waals surface area contributed by atoms with Crippen LogP contribution in [0.1, 0.15) is 5.56 Å². The summed E-state index contributed by atoms with van der Waals surface area (Å²) in [6.07, 6.45) is 4.38. The highest BCUT2D eigenvalue weighted by atomic mass is 35.5. The zero-order valence-corrected chi connectivity index (χ0v) is 18.9. The van der Waals surface area contributed by atoms with Crippen LogP contribution in [0.4, 0.5) is 22.0 Å². The number of rotatable bonds is 5. The highest BCUT2D eigenvalue weighted by Gasteiger charge is 2.08. The fourth-order valence-corrected chi connectivity index (χ4v) is 3.47. The summed E-state index contributed by atoms with van der Waals surface area (Å²) in [7, 11) is 0. The van der Waals surface area contributed by atoms with Crippen LogP contribution in [0.5, 0.6) is 11.8 Å². The number of nitrogens with two attached hydrogens (primary N) is 1. The number of nitrogens with zero attached hydrogens (tertiary/aromatic N) is 3. The number of ether oxygens (including phenoxy) is 1. The Labute approximate surface area is 199 Å². The van der Waals surface area contributed by atoms with Crippen molar-refractivity contribution in [1.29, 1.82) is 0 Å². The lowest BCUT2D eigenvalue weighted by Crippen LogP contribution is -2.19. The van der Waals surface area contributed by atoms with Gasteiger partial charge in [-0.3, -0.25) is 0 Å². The minimum atomic E-state index is -0.445. The molecule has 8 nitrogen and oxygen atoms in total. The number of nitrogen functional groups attached to an aromatic ring is 1. The maximum atomic E-state index is 12.2. The molecule has 10 heteroatoms. The van der Waals surface area contributed by atoms with Gasteiger partial charge < -0.3 is 21.1 Å². The Bertz CT molecular complexity index is 1280. The quantitative estimate of drug-likeness (QED) is 0.314. The van der Waals surface area contributed by atoms with Crippen molar-refractivity contribution < 1.29 is 9.53 Å². The summed E-state index contributed by atoms with van der Waals surface area (Å²) in [5.41, 5.74) is 9.41. The number of halogens is 2. The third kappa shape index (κ3) is 5.88. The maximum Gasteiger partial charge on any atom is 0.323 e. The average Bonchev–Trinajstić information content (AvgIpc) is 2.76. The number of carbonyl (C=O) groups is 1. The molecule has 2 aromatic heterocycles. The fraction of sp³-hybridized carbons (Fsp3) is 0.0435. The van der Waals surface area contributed by atoms with Gasteiger partial charge in [0.05, 0.1) is 23.1 Å². The first-order valence-corrected chi connectivity index (χ1v) is 10.5. The van der Waals surface area contributed by atoms with Gasteiger partial charge in [-0.15, -0.1) is 0 Å². The molecule has 0 fully saturated rings. The monoisotopic (exact) mass is 480 g/mol. The van der Waals surface area contributed by atoms with E-state index in [1.165, 1.54) is 18.6 Å². The van der Waals surface area contributed by atoms with Crippen molar-refractivity contribution in [2.45, 2.75) is 6.92 Å². The molecule has 166 valence electrons. The zero-order chi connectivity index (χ0) is 23.4. The van der Waals surface area contributed by atoms with Crippen LogP contribution >= 0.6 is 23.2 Å². The van der Waals surface area contributed by atoms with Gasteiger partial charge in [-0.05, 0) is 54.4 Å². The van der Waals surface area contributed by atoms with Gasteiger partial charge in [0.15, 0.2) is 0 Å². The van der Waals surface area contributed by atoms with Crippen LogP contribution in [-0.2, 0) is 0 Å². The minimum absolute atomic E-state index is 0.128. The van der Waals surface area contributed by atoms with Gasteiger partial charge >= 0.3 is 12.0 Å². The van der Waals surface area contributed by atoms with Crippen LogP contribution in [0.25, 0.3) is 11.1 Å². The van der Waals surface area contributed by atoms with Gasteiger partial charge in [-0.2, -0.15) is 0 Å². The maximum absolute atomic E-state index is 12.2. The Kier molecular flexibility index (Phi) is 6.58. The second-order valence-corrected chi connectivity index (χ2v) is 7.94. The van der Waals surface area contributed by atoms with E-state index in [4.69, 9.17) is 33.7 Å². The topological polar surface area (TPSA) is 115 Å². The Balaban J connectivity index is 1.37. The molecule has 0 saturated carbocycles. The Morgan fingerprint density at radius 1 is 0.879 bits per heavy atom. The largest absolute Gasteiger partial charge is 0.424 e. The van der Waals surface area contributed by atoms with E-state index in [9.17, 15) is 4.79 Å². The molecule has 4 N–H and O–H groups in total. The van der Waals surface area contributed by atoms with Crippen LogP contribution in [-0.4, -0.2) is 21.0 Å². The van der Waals surface area contributed by atoms with E-state index in [1.807, 2.05) is 19.1 Å². The van der Waals surface area contributed by atoms with Crippen molar-refractivity contribution in [3.8, 4) is 22.9 Å². The standard InChI is InChI=1S/C23H18Cl2N6O2/c1-13-6-15(24)8-17(7-13)30-22(32)31-18-11-28-23(29-12-18)33-19-4-2-14(3-5-19)20-9-16(25)10-27-21(20)26/h2-12H,1H3,(H2,26,27)(H2,30,31,32). The van der Waals surface area contributed by atoms with E-state index < -0.39 is 6.03 Å². The van der Waals surface area contributed by atoms with Crippen molar-refractivity contribution in [2.24, 2.45) is 0 Å². The number of anilines is 3. The SMILES string of the molecule is Cc1cc(Cl)cc(NC(=O)Nc2cnc(Oc3ccc(-c4cc(Cl)cnc4N)cc3)nc2)c1. The first-order chi connectivity index (χ1) is 15.9. The van der Waals surface area contributed by atoms with E-state index in [0.29, 0.717) is 33.0 Å². The lowest BCUT2D eigenvalue weighted by molar-refractivity contribution is 0.262. The number of aromatic nitrogens is 3. The first-order valence-electron chi connectivity index (χ1n) is 9.72. The number of pyridine rings is 1. The lowest BCUT2D eigenvalue weighted by Gasteiger charge is -2.09. The fourth-order valence-electron chi connectivity index (χ4n) is 3.02. The predicted molar refractivity (Wildman–Crippen MR) is 130 cm³/mol. The molecule has 2 amide bonds. The number of nitrogens with one attached hydrogen (secondary N) is 2. The number of urea groups is 1. The van der Waals surface area contributed by atoms with E-state index >= 15 is 0 Å². The molecule has 0 atom stereocenters. The van der Waals surface area contributed by atoms with Crippen molar-refractivity contribution >= 4 is 46.4 Å². The zero-order valence-electron chi connectivity index (χ0n) is 17.3. The molecule has 0 aliphatic rings. The highest BCUT2D eigenvalue weighted by molar-refractivity contribution is 6.31. The number of hydrogen-bond donors (Lipinski definition) is 3. The molecule has 0 saturated heterocycles. The van der Waals surface area contributed by atoms with Gasteiger partial charge in [0.1, 0.15) is 11.6 Å². The van der Waals surface area contributed by atoms with E-state index in [2.05, 4.69) is 25.6 Å². The highest BCUT2D eigenvalue weighted by Crippen LogP contribution is 2.29. The summed E-state index contributed by atoms with van der Waals surface area (Å²) >= 11 is 12.0. The minimum Gasteiger partial charge on any atom is -0.424 e. The Morgan fingerprint density at radius 3 is 2.27 bits per heavy atom. The third-order valence-corrected chi connectivity index (χ3v) is 4.87. The Morgan fingerprint density at radius 2 is 1.58 bits per heavy atom. The molecule has 0 unspecified atom stereocenters. The molecule has 4 aromatic rings. The summed E-state index contributed by atoms with van der Waals surface area (Å²) in [6.45, 7) is 1.89. The van der Waals surface area contributed by atoms with Crippen LogP contribution < -0.4 is 21.1 Å². The van der Waals surface area contributed by atoms with Gasteiger partial charge in [0.2, 0.25) is 0 Å². The van der Waals surface area contributed by atoms with Gasteiger partial charge in [0, 0.05) is 22.5 Å². The molecule has 0 spiro atoms. The molecule has 0 aliphatic heterocycles. The van der Waals surface area contributed by atoms with Crippen LogP contribution in [0.3, 0.4) is 0 Å². The second kappa shape index (κ2) is 9.72. The number of hydrogen-bond acceptors (Lipinski definition) is 6. The number of aryl methyl sites for hydroxylation is 1. The van der Waals surface area contributed by atoms with E-state index in [-0.39, 0.29) is 6.01 Å². The molecule has 0 aliphatic carbocycles. The van der Waals surface area contributed by atoms with Crippen LogP contribution in [0.2, 0.25) is 10.0 Å². The Hall–Kier alpha value is -3.88. The van der Waals surface area contributed by atoms with Gasteiger partial charge in [0.25, 0.3) is 0 Å². The van der Waals surface area contributed by atoms with E-state index in [1.54, 1.807) is 36.4 Å². The van der Waals surface area contributed by atoms with Crippen LogP contribution in [0.15, 0.2) is 67.1 Å². The number of carbonyl (C=O) groups excluding carboxylic acids is 1. The summed E-state index contributed by atoms with van der Waals surface area (Å²) in [4.78, 5) is 24.5. The molecule has 2 aromatic carbocycles. The van der Waals surface area contributed by atoms with Crippen molar-refractivity contribution in [3.63, 3.8) is 0 Å². The summed E-state index contributed by atoms with van der Waals surface area (Å²) < 4.78 is 5.67. The molecule has 33 heavy (non-hydrogen) atoms. The summed E-state index contributed by atoms with van der Waals surface area (Å²) in [5, 5.41) is 6.40. The molecule has 2 heterocycles. The van der Waals surface area contributed by atoms with Crippen molar-refractivity contribution in [2.75, 3.05) is 16.4 Å². The number of amides is 2. The van der Waals surface area contributed by atoms with E-state index in [0.717, 1.165) is 16.7 Å². The third-order valence-electron chi connectivity index (χ3n) is 4.45. The van der Waals surface area contributed by atoms with Crippen LogP contribution in [0, 0.1) is 6.92 Å². The lowest BCUT2D eigenvalue weighted by atomic mass is 10.1. The van der Waals surface area contributed by atoms with Crippen molar-refractivity contribution in [3.05, 3.63) is 82.7 Å². The molecular weight excluding hydrogens is 463 g/mol. The summed E-state index contributed by atoms with van der Waals surface area (Å²) in [6, 6.07) is 13.9. The molecule has 0 radical (unpaired) electrons. The number of benzene rings is 2.